The highest BCUT2D eigenvalue weighted by Gasteiger charge is 2.04. The normalized spacial score (nSPS) is 12.9. The summed E-state index contributed by atoms with van der Waals surface area (Å²) in [6.07, 6.45) is 2.11. The van der Waals surface area contributed by atoms with Gasteiger partial charge in [0.1, 0.15) is 0 Å². The van der Waals surface area contributed by atoms with Gasteiger partial charge >= 0.3 is 0 Å². The number of hydrogen-bond acceptors (Lipinski definition) is 4. The van der Waals surface area contributed by atoms with Crippen molar-refractivity contribution in [3.8, 4) is 0 Å². The van der Waals surface area contributed by atoms with E-state index in [9.17, 15) is 0 Å². The topological polar surface area (TPSA) is 37.4 Å². The minimum Gasteiger partial charge on any atom is -0.380 e. The van der Waals surface area contributed by atoms with Gasteiger partial charge in [-0.15, -0.1) is 0 Å². The Hall–Kier alpha value is -0.970. The molecule has 1 N–H and O–H groups in total. The number of pyridine rings is 1. The highest BCUT2D eigenvalue weighted by Crippen LogP contribution is 1.93. The van der Waals surface area contributed by atoms with E-state index >= 15 is 0 Å². The summed E-state index contributed by atoms with van der Waals surface area (Å²) in [5.41, 5.74) is 1.08. The van der Waals surface area contributed by atoms with Crippen molar-refractivity contribution in [2.45, 2.75) is 19.6 Å². The molecule has 0 spiro atoms. The molecule has 0 saturated carbocycles. The van der Waals surface area contributed by atoms with Gasteiger partial charge in [-0.05, 0) is 26.1 Å². The predicted octanol–water partition coefficient (Wildman–Crippen LogP) is 1.14. The van der Waals surface area contributed by atoms with Gasteiger partial charge in [0.2, 0.25) is 0 Å². The molecule has 0 radical (unpaired) electrons. The first-order valence-corrected chi connectivity index (χ1v) is 6.04. The fourth-order valence-corrected chi connectivity index (χ4v) is 1.59. The fraction of sp³-hybridized carbons (Fsp3) is 0.615. The Kier molecular flexibility index (Phi) is 6.77. The summed E-state index contributed by atoms with van der Waals surface area (Å²) in [6, 6.07) is 5.98. The van der Waals surface area contributed by atoms with E-state index in [2.05, 4.69) is 29.2 Å². The average Bonchev–Trinajstić information content (AvgIpc) is 2.36. The van der Waals surface area contributed by atoms with Crippen molar-refractivity contribution >= 4 is 0 Å². The summed E-state index contributed by atoms with van der Waals surface area (Å²) >= 11 is 0. The largest absolute Gasteiger partial charge is 0.380 e. The summed E-state index contributed by atoms with van der Waals surface area (Å²) in [6.45, 7) is 5.85. The van der Waals surface area contributed by atoms with Gasteiger partial charge < -0.3 is 15.0 Å². The molecule has 4 nitrogen and oxygen atoms in total. The van der Waals surface area contributed by atoms with E-state index in [-0.39, 0.29) is 6.10 Å². The smallest absolute Gasteiger partial charge is 0.0670 e. The molecule has 1 heterocycles. The van der Waals surface area contributed by atoms with Crippen molar-refractivity contribution in [3.05, 3.63) is 30.1 Å². The number of methoxy groups -OCH3 is 1. The molecule has 1 aromatic rings. The molecular weight excluding hydrogens is 214 g/mol. The van der Waals surface area contributed by atoms with Crippen LogP contribution in [0.25, 0.3) is 0 Å². The third-order valence-corrected chi connectivity index (χ3v) is 2.67. The monoisotopic (exact) mass is 237 g/mol. The zero-order chi connectivity index (χ0) is 12.5. The average molecular weight is 237 g/mol. The van der Waals surface area contributed by atoms with Gasteiger partial charge in [0, 0.05) is 39.5 Å². The molecule has 0 saturated heterocycles. The number of likely N-dealkylation sites (N-methyl/N-ethyl adjacent to an activating group) is 1. The molecular formula is C13H23N3O. The Morgan fingerprint density at radius 2 is 2.29 bits per heavy atom. The Morgan fingerprint density at radius 1 is 1.47 bits per heavy atom. The van der Waals surface area contributed by atoms with Crippen LogP contribution in [0.1, 0.15) is 12.6 Å². The van der Waals surface area contributed by atoms with Crippen LogP contribution in [0.3, 0.4) is 0 Å². The molecule has 0 fully saturated rings. The molecule has 96 valence electrons. The van der Waals surface area contributed by atoms with Crippen LogP contribution >= 0.6 is 0 Å². The molecule has 17 heavy (non-hydrogen) atoms. The lowest BCUT2D eigenvalue weighted by atomic mass is 10.3. The Bertz CT molecular complexity index is 292. The Balaban J connectivity index is 2.08. The highest BCUT2D eigenvalue weighted by atomic mass is 16.5. The maximum atomic E-state index is 5.22. The zero-order valence-corrected chi connectivity index (χ0v) is 11.0. The summed E-state index contributed by atoms with van der Waals surface area (Å²) in [7, 11) is 3.86. The molecule has 0 amide bonds. The molecule has 1 rings (SSSR count). The van der Waals surface area contributed by atoms with Gasteiger partial charge in [-0.25, -0.2) is 0 Å². The van der Waals surface area contributed by atoms with Crippen molar-refractivity contribution in [2.75, 3.05) is 33.8 Å². The van der Waals surface area contributed by atoms with Crippen molar-refractivity contribution in [3.63, 3.8) is 0 Å². The second-order valence-electron chi connectivity index (χ2n) is 4.31. The number of ether oxygens (including phenoxy) is 1. The summed E-state index contributed by atoms with van der Waals surface area (Å²) in [5, 5.41) is 3.38. The molecule has 1 unspecified atom stereocenters. The van der Waals surface area contributed by atoms with E-state index in [0.29, 0.717) is 0 Å². The van der Waals surface area contributed by atoms with Crippen molar-refractivity contribution < 1.29 is 4.74 Å². The van der Waals surface area contributed by atoms with Crippen LogP contribution in [0.2, 0.25) is 0 Å². The summed E-state index contributed by atoms with van der Waals surface area (Å²) in [4.78, 5) is 6.52. The Morgan fingerprint density at radius 3 is 2.94 bits per heavy atom. The third kappa shape index (κ3) is 6.36. The zero-order valence-electron chi connectivity index (χ0n) is 11.0. The highest BCUT2D eigenvalue weighted by molar-refractivity contribution is 5.02. The maximum absolute atomic E-state index is 5.22. The van der Waals surface area contributed by atoms with Crippen molar-refractivity contribution in [2.24, 2.45) is 0 Å². The second-order valence-corrected chi connectivity index (χ2v) is 4.31. The van der Waals surface area contributed by atoms with Crippen molar-refractivity contribution in [1.29, 1.82) is 0 Å². The molecule has 0 aliphatic heterocycles. The number of aromatic nitrogens is 1. The van der Waals surface area contributed by atoms with E-state index in [1.165, 1.54) is 0 Å². The van der Waals surface area contributed by atoms with Crippen LogP contribution in [0.5, 0.6) is 0 Å². The predicted molar refractivity (Wildman–Crippen MR) is 69.9 cm³/mol. The van der Waals surface area contributed by atoms with E-state index in [1.54, 1.807) is 7.11 Å². The molecule has 1 atom stereocenters. The van der Waals surface area contributed by atoms with E-state index < -0.39 is 0 Å². The molecule has 0 bridgehead atoms. The van der Waals surface area contributed by atoms with Gasteiger partial charge in [0.15, 0.2) is 0 Å². The third-order valence-electron chi connectivity index (χ3n) is 2.67. The van der Waals surface area contributed by atoms with Crippen molar-refractivity contribution in [1.82, 2.24) is 15.2 Å². The first-order valence-electron chi connectivity index (χ1n) is 6.04. The van der Waals surface area contributed by atoms with Gasteiger partial charge in [0.05, 0.1) is 11.8 Å². The molecule has 0 aliphatic carbocycles. The number of hydrogen-bond donors (Lipinski definition) is 1. The lowest BCUT2D eigenvalue weighted by Crippen LogP contribution is -2.34. The van der Waals surface area contributed by atoms with Gasteiger partial charge in [-0.3, -0.25) is 4.98 Å². The lowest BCUT2D eigenvalue weighted by Gasteiger charge is -2.20. The quantitative estimate of drug-likeness (QED) is 0.688. The Labute approximate surface area is 104 Å². The maximum Gasteiger partial charge on any atom is 0.0670 e. The van der Waals surface area contributed by atoms with E-state index in [1.807, 2.05) is 24.4 Å². The number of nitrogens with zero attached hydrogens (tertiary/aromatic N) is 2. The minimum absolute atomic E-state index is 0.288. The lowest BCUT2D eigenvalue weighted by molar-refractivity contribution is 0.0860. The van der Waals surface area contributed by atoms with Gasteiger partial charge in [-0.1, -0.05) is 6.07 Å². The van der Waals surface area contributed by atoms with Crippen LogP contribution in [-0.4, -0.2) is 49.8 Å². The van der Waals surface area contributed by atoms with Crippen LogP contribution < -0.4 is 5.32 Å². The SMILES string of the molecule is COC(C)CN(C)CCNCc1ccccn1. The van der Waals surface area contributed by atoms with Gasteiger partial charge in [-0.2, -0.15) is 0 Å². The van der Waals surface area contributed by atoms with Crippen LogP contribution in [-0.2, 0) is 11.3 Å². The van der Waals surface area contributed by atoms with Crippen LogP contribution in [0, 0.1) is 0 Å². The molecule has 0 aromatic carbocycles. The molecule has 1 aromatic heterocycles. The number of nitrogens with one attached hydrogen (secondary N) is 1. The number of rotatable bonds is 8. The van der Waals surface area contributed by atoms with Crippen LogP contribution in [0.15, 0.2) is 24.4 Å². The first-order chi connectivity index (χ1) is 8.22. The van der Waals surface area contributed by atoms with Gasteiger partial charge in [0.25, 0.3) is 0 Å². The second kappa shape index (κ2) is 8.17. The standard InChI is InChI=1S/C13H23N3O/c1-12(17-3)11-16(2)9-8-14-10-13-6-4-5-7-15-13/h4-7,12,14H,8-11H2,1-3H3. The molecule has 0 aliphatic rings. The minimum atomic E-state index is 0.288. The fourth-order valence-electron chi connectivity index (χ4n) is 1.59. The van der Waals surface area contributed by atoms with E-state index in [4.69, 9.17) is 4.74 Å². The summed E-state index contributed by atoms with van der Waals surface area (Å²) in [5.74, 6) is 0. The summed E-state index contributed by atoms with van der Waals surface area (Å²) < 4.78 is 5.22. The van der Waals surface area contributed by atoms with E-state index in [0.717, 1.165) is 31.9 Å². The van der Waals surface area contributed by atoms with Crippen LogP contribution in [0.4, 0.5) is 0 Å². The molecule has 4 heteroatoms. The first kappa shape index (κ1) is 14.1.